The van der Waals surface area contributed by atoms with Gasteiger partial charge in [-0.1, -0.05) is 0 Å². The van der Waals surface area contributed by atoms with Gasteiger partial charge in [0, 0.05) is 11.6 Å². The van der Waals surface area contributed by atoms with Crippen LogP contribution in [0.15, 0.2) is 54.8 Å². The third-order valence-electron chi connectivity index (χ3n) is 3.59. The second kappa shape index (κ2) is 8.38. The third kappa shape index (κ3) is 5.84. The monoisotopic (exact) mass is 418 g/mol. The summed E-state index contributed by atoms with van der Waals surface area (Å²) in [6.45, 7) is 0. The van der Waals surface area contributed by atoms with E-state index in [0.717, 1.165) is 6.08 Å². The summed E-state index contributed by atoms with van der Waals surface area (Å²) in [6.07, 6.45) is -8.81. The summed E-state index contributed by atoms with van der Waals surface area (Å²) in [7, 11) is 1.42. The molecule has 0 atom stereocenters. The second-order valence-electron chi connectivity index (χ2n) is 5.60. The minimum absolute atomic E-state index is 0.111. The molecule has 154 valence electrons. The normalized spacial score (nSPS) is 12.1. The summed E-state index contributed by atoms with van der Waals surface area (Å²) in [5, 5.41) is 0. The molecule has 0 N–H and O–H groups in total. The number of rotatable bonds is 5. The molecule has 2 aromatic carbocycles. The highest BCUT2D eigenvalue weighted by Gasteiger charge is 2.37. The van der Waals surface area contributed by atoms with Gasteiger partial charge >= 0.3 is 18.3 Å². The lowest BCUT2D eigenvalue weighted by atomic mass is 10.0. The maximum Gasteiger partial charge on any atom is 0.416 e. The van der Waals surface area contributed by atoms with Crippen LogP contribution >= 0.6 is 0 Å². The first kappa shape index (κ1) is 22.0. The van der Waals surface area contributed by atoms with Crippen molar-refractivity contribution >= 4 is 11.8 Å². The second-order valence-corrected chi connectivity index (χ2v) is 5.60. The van der Waals surface area contributed by atoms with Crippen molar-refractivity contribution in [2.24, 2.45) is 0 Å². The number of carbonyl (C=O) groups excluding carboxylic acids is 2. The number of methoxy groups -OCH3 is 1. The fourth-order valence-corrected chi connectivity index (χ4v) is 2.15. The largest absolute Gasteiger partial charge is 0.497 e. The summed E-state index contributed by atoms with van der Waals surface area (Å²) < 4.78 is 86.3. The van der Waals surface area contributed by atoms with Crippen LogP contribution in [0.5, 0.6) is 5.75 Å². The predicted octanol–water partition coefficient (Wildman–Crippen LogP) is 5.29. The van der Waals surface area contributed by atoms with Crippen molar-refractivity contribution in [2.75, 3.05) is 7.11 Å². The molecule has 10 heteroatoms. The predicted molar refractivity (Wildman–Crippen MR) is 88.3 cm³/mol. The van der Waals surface area contributed by atoms with Gasteiger partial charge in [0.2, 0.25) is 0 Å². The maximum atomic E-state index is 12.8. The van der Waals surface area contributed by atoms with Gasteiger partial charge in [-0.3, -0.25) is 4.79 Å². The van der Waals surface area contributed by atoms with Gasteiger partial charge in [-0.2, -0.15) is 26.3 Å². The molecule has 0 radical (unpaired) electrons. The highest BCUT2D eigenvalue weighted by atomic mass is 19.4. The van der Waals surface area contributed by atoms with E-state index in [1.165, 1.54) is 31.4 Å². The van der Waals surface area contributed by atoms with E-state index in [4.69, 9.17) is 4.74 Å². The van der Waals surface area contributed by atoms with Crippen LogP contribution in [0.4, 0.5) is 26.3 Å². The topological polar surface area (TPSA) is 52.6 Å². The molecule has 0 heterocycles. The Bertz CT molecular complexity index is 895. The highest BCUT2D eigenvalue weighted by Crippen LogP contribution is 2.36. The van der Waals surface area contributed by atoms with Gasteiger partial charge < -0.3 is 9.47 Å². The highest BCUT2D eigenvalue weighted by molar-refractivity contribution is 6.04. The molecule has 0 aliphatic carbocycles. The molecule has 2 rings (SSSR count). The van der Waals surface area contributed by atoms with E-state index < -0.39 is 40.8 Å². The Kier molecular flexibility index (Phi) is 6.35. The molecule has 0 fully saturated rings. The van der Waals surface area contributed by atoms with Crippen LogP contribution in [-0.2, 0) is 17.1 Å². The standard InChI is InChI=1S/C19H12F6O4/c1-28-15-4-2-11(3-5-15)16(26)6-7-29-17(27)12-8-13(18(20,21)22)10-14(9-12)19(23,24)25/h2-10H,1H3/b7-6+. The SMILES string of the molecule is COc1ccc(C(=O)/C=C/OC(=O)c2cc(C(F)(F)F)cc(C(F)(F)F)c2)cc1. The molecule has 0 bridgehead atoms. The third-order valence-corrected chi connectivity index (χ3v) is 3.59. The van der Waals surface area contributed by atoms with Crippen LogP contribution in [0, 0.1) is 0 Å². The quantitative estimate of drug-likeness (QED) is 0.218. The van der Waals surface area contributed by atoms with E-state index in [-0.39, 0.29) is 23.8 Å². The van der Waals surface area contributed by atoms with Gasteiger partial charge in [0.25, 0.3) is 0 Å². The van der Waals surface area contributed by atoms with Crippen molar-refractivity contribution in [3.63, 3.8) is 0 Å². The molecule has 0 unspecified atom stereocenters. The zero-order valence-electron chi connectivity index (χ0n) is 14.6. The number of alkyl halides is 6. The number of hydrogen-bond donors (Lipinski definition) is 0. The minimum atomic E-state index is -5.10. The summed E-state index contributed by atoms with van der Waals surface area (Å²) >= 11 is 0. The maximum absolute atomic E-state index is 12.8. The van der Waals surface area contributed by atoms with Crippen molar-refractivity contribution in [3.05, 3.63) is 77.1 Å². The van der Waals surface area contributed by atoms with Crippen LogP contribution in [0.25, 0.3) is 0 Å². The van der Waals surface area contributed by atoms with Crippen LogP contribution in [0.3, 0.4) is 0 Å². The fraction of sp³-hybridized carbons (Fsp3) is 0.158. The molecule has 0 aromatic heterocycles. The first-order chi connectivity index (χ1) is 13.4. The molecule has 29 heavy (non-hydrogen) atoms. The van der Waals surface area contributed by atoms with Gasteiger partial charge in [0.05, 0.1) is 30.1 Å². The van der Waals surface area contributed by atoms with Crippen molar-refractivity contribution in [3.8, 4) is 5.75 Å². The molecule has 0 saturated heterocycles. The summed E-state index contributed by atoms with van der Waals surface area (Å²) in [5.41, 5.74) is -4.08. The molecule has 0 spiro atoms. The van der Waals surface area contributed by atoms with E-state index in [9.17, 15) is 35.9 Å². The van der Waals surface area contributed by atoms with E-state index in [0.29, 0.717) is 12.0 Å². The first-order valence-corrected chi connectivity index (χ1v) is 7.77. The zero-order chi connectivity index (χ0) is 21.8. The van der Waals surface area contributed by atoms with Gasteiger partial charge in [-0.05, 0) is 42.5 Å². The van der Waals surface area contributed by atoms with E-state index in [1.54, 1.807) is 0 Å². The van der Waals surface area contributed by atoms with Crippen LogP contribution in [0.2, 0.25) is 0 Å². The average molecular weight is 418 g/mol. The van der Waals surface area contributed by atoms with Gasteiger partial charge in [-0.15, -0.1) is 0 Å². The van der Waals surface area contributed by atoms with Crippen molar-refractivity contribution in [1.82, 2.24) is 0 Å². The van der Waals surface area contributed by atoms with E-state index >= 15 is 0 Å². The first-order valence-electron chi connectivity index (χ1n) is 7.77. The van der Waals surface area contributed by atoms with E-state index in [2.05, 4.69) is 4.74 Å². The molecule has 0 amide bonds. The molecule has 0 aliphatic rings. The fourth-order valence-electron chi connectivity index (χ4n) is 2.15. The Hall–Kier alpha value is -3.30. The number of benzene rings is 2. The summed E-state index contributed by atoms with van der Waals surface area (Å²) in [5.74, 6) is -1.61. The Morgan fingerprint density at radius 2 is 1.34 bits per heavy atom. The van der Waals surface area contributed by atoms with Crippen molar-refractivity contribution < 1.29 is 45.4 Å². The molecule has 0 aliphatic heterocycles. The van der Waals surface area contributed by atoms with Gasteiger partial charge in [0.1, 0.15) is 5.75 Å². The molecular weight excluding hydrogens is 406 g/mol. The lowest BCUT2D eigenvalue weighted by Gasteiger charge is -2.13. The van der Waals surface area contributed by atoms with Gasteiger partial charge in [0.15, 0.2) is 5.78 Å². The molecule has 4 nitrogen and oxygen atoms in total. The number of ketones is 1. The Morgan fingerprint density at radius 1 is 0.828 bits per heavy atom. The lowest BCUT2D eigenvalue weighted by molar-refractivity contribution is -0.143. The van der Waals surface area contributed by atoms with Crippen molar-refractivity contribution in [1.29, 1.82) is 0 Å². The average Bonchev–Trinajstić information content (AvgIpc) is 2.66. The van der Waals surface area contributed by atoms with Crippen LogP contribution in [-0.4, -0.2) is 18.9 Å². The minimum Gasteiger partial charge on any atom is -0.497 e. The Labute approximate surface area is 160 Å². The Morgan fingerprint density at radius 3 is 1.79 bits per heavy atom. The van der Waals surface area contributed by atoms with E-state index in [1.807, 2.05) is 0 Å². The van der Waals surface area contributed by atoms with Crippen LogP contribution < -0.4 is 4.74 Å². The number of halogens is 6. The lowest BCUT2D eigenvalue weighted by Crippen LogP contribution is -2.14. The number of hydrogen-bond acceptors (Lipinski definition) is 4. The summed E-state index contributed by atoms with van der Waals surface area (Å²) in [4.78, 5) is 23.8. The van der Waals surface area contributed by atoms with Gasteiger partial charge in [-0.25, -0.2) is 4.79 Å². The molecular formula is C19H12F6O4. The van der Waals surface area contributed by atoms with Crippen molar-refractivity contribution in [2.45, 2.75) is 12.4 Å². The number of ether oxygens (including phenoxy) is 2. The smallest absolute Gasteiger partial charge is 0.416 e. The zero-order valence-corrected chi connectivity index (χ0v) is 14.6. The molecule has 0 saturated carbocycles. The number of esters is 1. The number of carbonyl (C=O) groups is 2. The Balaban J connectivity index is 2.19. The van der Waals surface area contributed by atoms with Crippen LogP contribution in [0.1, 0.15) is 31.8 Å². The summed E-state index contributed by atoms with van der Waals surface area (Å²) in [6, 6.07) is 6.17. The number of allylic oxidation sites excluding steroid dienone is 1. The molecule has 2 aromatic rings.